The molecule has 0 spiro atoms. The molecule has 5 nitrogen and oxygen atoms in total. The topological polar surface area (TPSA) is 67.4 Å². The van der Waals surface area contributed by atoms with Crippen molar-refractivity contribution in [3.05, 3.63) is 65.5 Å². The second-order valence-corrected chi connectivity index (χ2v) is 5.27. The monoisotopic (exact) mass is 330 g/mol. The number of benzene rings is 2. The molecule has 2 rings (SSSR count). The second kappa shape index (κ2) is 8.21. The van der Waals surface area contributed by atoms with E-state index in [-0.39, 0.29) is 11.7 Å². The van der Waals surface area contributed by atoms with Gasteiger partial charge in [-0.3, -0.25) is 10.1 Å². The summed E-state index contributed by atoms with van der Waals surface area (Å²) in [6.07, 6.45) is 0. The molecule has 1 atom stereocenters. The van der Waals surface area contributed by atoms with Crippen LogP contribution in [0.1, 0.15) is 24.1 Å². The summed E-state index contributed by atoms with van der Waals surface area (Å²) >= 11 is 0. The normalized spacial score (nSPS) is 11.6. The Labute approximate surface area is 139 Å². The maximum absolute atomic E-state index is 13.1. The maximum Gasteiger partial charge on any atom is 0.327 e. The van der Waals surface area contributed by atoms with Crippen molar-refractivity contribution in [2.75, 3.05) is 12.4 Å². The predicted octanol–water partition coefficient (Wildman–Crippen LogP) is 2.79. The van der Waals surface area contributed by atoms with Crippen LogP contribution < -0.4 is 10.6 Å². The molecule has 0 heterocycles. The Morgan fingerprint density at radius 3 is 2.50 bits per heavy atom. The van der Waals surface area contributed by atoms with Gasteiger partial charge in [0.15, 0.2) is 0 Å². The molecule has 6 heteroatoms. The number of hydrogen-bond donors (Lipinski definition) is 2. The average Bonchev–Trinajstić information content (AvgIpc) is 2.56. The first-order valence-electron chi connectivity index (χ1n) is 7.43. The van der Waals surface area contributed by atoms with E-state index in [9.17, 15) is 14.0 Å². The number of hydrogen-bond acceptors (Lipinski definition) is 4. The summed E-state index contributed by atoms with van der Waals surface area (Å²) in [5, 5.41) is 5.80. The first-order chi connectivity index (χ1) is 11.5. The van der Waals surface area contributed by atoms with Crippen LogP contribution in [-0.2, 0) is 20.9 Å². The van der Waals surface area contributed by atoms with Crippen LogP contribution in [0.4, 0.5) is 10.1 Å². The summed E-state index contributed by atoms with van der Waals surface area (Å²) in [4.78, 5) is 23.1. The maximum atomic E-state index is 13.1. The van der Waals surface area contributed by atoms with Crippen molar-refractivity contribution in [1.82, 2.24) is 5.32 Å². The second-order valence-electron chi connectivity index (χ2n) is 5.27. The zero-order valence-corrected chi connectivity index (χ0v) is 13.5. The lowest BCUT2D eigenvalue weighted by molar-refractivity contribution is -0.143. The summed E-state index contributed by atoms with van der Waals surface area (Å²) < 4.78 is 17.9. The van der Waals surface area contributed by atoms with E-state index in [4.69, 9.17) is 4.74 Å². The molecule has 0 aromatic heterocycles. The largest absolute Gasteiger partial charge is 0.468 e. The number of nitrogens with one attached hydrogen (secondary N) is 2. The highest BCUT2D eigenvalue weighted by atomic mass is 19.1. The van der Waals surface area contributed by atoms with E-state index in [0.29, 0.717) is 17.8 Å². The van der Waals surface area contributed by atoms with Crippen LogP contribution in [0.15, 0.2) is 48.5 Å². The van der Waals surface area contributed by atoms with E-state index in [1.165, 1.54) is 38.3 Å². The molecule has 126 valence electrons. The van der Waals surface area contributed by atoms with Gasteiger partial charge in [-0.05, 0) is 35.4 Å². The lowest BCUT2D eigenvalue weighted by Crippen LogP contribution is -2.29. The quantitative estimate of drug-likeness (QED) is 0.799. The number of amides is 1. The molecule has 0 aliphatic rings. The van der Waals surface area contributed by atoms with Gasteiger partial charge in [-0.15, -0.1) is 0 Å². The first kappa shape index (κ1) is 17.6. The van der Waals surface area contributed by atoms with Gasteiger partial charge in [-0.25, -0.2) is 9.18 Å². The van der Waals surface area contributed by atoms with Crippen LogP contribution in [0.25, 0.3) is 0 Å². The Bertz CT molecular complexity index is 716. The standard InChI is InChI=1S/C18H19FN2O3/c1-12(22)21-16-5-3-4-13(10-16)11-20-17(18(23)24-2)14-6-8-15(19)9-7-14/h3-10,17,20H,11H2,1-2H3,(H,21,22). The van der Waals surface area contributed by atoms with Crippen LogP contribution in [0, 0.1) is 5.82 Å². The Kier molecular flexibility index (Phi) is 6.03. The summed E-state index contributed by atoms with van der Waals surface area (Å²) in [6.45, 7) is 1.82. The lowest BCUT2D eigenvalue weighted by atomic mass is 10.1. The molecule has 1 unspecified atom stereocenters. The number of esters is 1. The fourth-order valence-corrected chi connectivity index (χ4v) is 2.29. The van der Waals surface area contributed by atoms with Crippen LogP contribution in [0.3, 0.4) is 0 Å². The van der Waals surface area contributed by atoms with Crippen LogP contribution in [-0.4, -0.2) is 19.0 Å². The highest BCUT2D eigenvalue weighted by Crippen LogP contribution is 2.17. The summed E-state index contributed by atoms with van der Waals surface area (Å²) in [5.74, 6) is -0.983. The minimum atomic E-state index is -0.708. The zero-order chi connectivity index (χ0) is 17.5. The minimum absolute atomic E-state index is 0.154. The molecule has 2 aromatic carbocycles. The number of rotatable bonds is 6. The van der Waals surface area contributed by atoms with Gasteiger partial charge in [0.25, 0.3) is 0 Å². The Morgan fingerprint density at radius 1 is 1.17 bits per heavy atom. The van der Waals surface area contributed by atoms with Crippen molar-refractivity contribution < 1.29 is 18.7 Å². The van der Waals surface area contributed by atoms with Gasteiger partial charge < -0.3 is 10.1 Å². The van der Waals surface area contributed by atoms with Crippen molar-refractivity contribution in [2.24, 2.45) is 0 Å². The molecule has 0 fully saturated rings. The van der Waals surface area contributed by atoms with Crippen molar-refractivity contribution >= 4 is 17.6 Å². The SMILES string of the molecule is COC(=O)C(NCc1cccc(NC(C)=O)c1)c1ccc(F)cc1. The van der Waals surface area contributed by atoms with Crippen molar-refractivity contribution in [2.45, 2.75) is 19.5 Å². The van der Waals surface area contributed by atoms with E-state index in [1.807, 2.05) is 18.2 Å². The molecule has 0 radical (unpaired) electrons. The van der Waals surface area contributed by atoms with E-state index < -0.39 is 12.0 Å². The molecule has 0 aliphatic carbocycles. The number of halogens is 1. The summed E-state index contributed by atoms with van der Waals surface area (Å²) in [7, 11) is 1.30. The lowest BCUT2D eigenvalue weighted by Gasteiger charge is -2.17. The number of carbonyl (C=O) groups is 2. The molecular weight excluding hydrogens is 311 g/mol. The van der Waals surface area contributed by atoms with Gasteiger partial charge >= 0.3 is 5.97 Å². The third-order valence-corrected chi connectivity index (χ3v) is 3.40. The van der Waals surface area contributed by atoms with Crippen LogP contribution in [0.2, 0.25) is 0 Å². The molecule has 0 saturated heterocycles. The molecule has 1 amide bonds. The van der Waals surface area contributed by atoms with E-state index >= 15 is 0 Å². The van der Waals surface area contributed by atoms with Gasteiger partial charge in [-0.2, -0.15) is 0 Å². The predicted molar refractivity (Wildman–Crippen MR) is 88.7 cm³/mol. The smallest absolute Gasteiger partial charge is 0.327 e. The summed E-state index contributed by atoms with van der Waals surface area (Å²) in [6, 6.07) is 12.2. The van der Waals surface area contributed by atoms with Crippen molar-refractivity contribution in [3.8, 4) is 0 Å². The highest BCUT2D eigenvalue weighted by molar-refractivity contribution is 5.88. The van der Waals surface area contributed by atoms with Crippen LogP contribution in [0.5, 0.6) is 0 Å². The highest BCUT2D eigenvalue weighted by Gasteiger charge is 2.20. The van der Waals surface area contributed by atoms with E-state index in [1.54, 1.807) is 6.07 Å². The molecule has 0 bridgehead atoms. The van der Waals surface area contributed by atoms with Crippen molar-refractivity contribution in [3.63, 3.8) is 0 Å². The molecular formula is C18H19FN2O3. The van der Waals surface area contributed by atoms with Gasteiger partial charge in [0.2, 0.25) is 5.91 Å². The van der Waals surface area contributed by atoms with Gasteiger partial charge in [0, 0.05) is 19.2 Å². The van der Waals surface area contributed by atoms with Gasteiger partial charge in [-0.1, -0.05) is 24.3 Å². The van der Waals surface area contributed by atoms with Gasteiger partial charge in [0.05, 0.1) is 7.11 Å². The molecule has 0 saturated carbocycles. The fraction of sp³-hybridized carbons (Fsp3) is 0.222. The number of ether oxygens (including phenoxy) is 1. The van der Waals surface area contributed by atoms with Crippen LogP contribution >= 0.6 is 0 Å². The van der Waals surface area contributed by atoms with E-state index in [2.05, 4.69) is 10.6 Å². The third-order valence-electron chi connectivity index (χ3n) is 3.40. The molecule has 0 aliphatic heterocycles. The minimum Gasteiger partial charge on any atom is -0.468 e. The fourth-order valence-electron chi connectivity index (χ4n) is 2.29. The molecule has 2 N–H and O–H groups in total. The van der Waals surface area contributed by atoms with E-state index in [0.717, 1.165) is 5.56 Å². The third kappa shape index (κ3) is 4.89. The Morgan fingerprint density at radius 2 is 1.88 bits per heavy atom. The number of carbonyl (C=O) groups excluding carboxylic acids is 2. The molecule has 2 aromatic rings. The first-order valence-corrected chi connectivity index (χ1v) is 7.43. The van der Waals surface area contributed by atoms with Gasteiger partial charge in [0.1, 0.15) is 11.9 Å². The Hall–Kier alpha value is -2.73. The van der Waals surface area contributed by atoms with Crippen molar-refractivity contribution in [1.29, 1.82) is 0 Å². The molecule has 24 heavy (non-hydrogen) atoms. The number of anilines is 1. The Balaban J connectivity index is 2.12. The number of methoxy groups -OCH3 is 1. The zero-order valence-electron chi connectivity index (χ0n) is 13.5. The average molecular weight is 330 g/mol. The summed E-state index contributed by atoms with van der Waals surface area (Å²) in [5.41, 5.74) is 2.18.